The molecule has 6 nitrogen and oxygen atoms in total. The monoisotopic (exact) mass is 377 g/mol. The van der Waals surface area contributed by atoms with Crippen LogP contribution in [0.4, 0.5) is 18.0 Å². The summed E-state index contributed by atoms with van der Waals surface area (Å²) in [6.07, 6.45) is 2.41. The number of hydrogen-bond acceptors (Lipinski definition) is 3. The first-order valence-corrected chi connectivity index (χ1v) is 8.24. The fraction of sp³-hybridized carbons (Fsp3) is 0.278. The van der Waals surface area contributed by atoms with Gasteiger partial charge in [-0.05, 0) is 31.3 Å². The minimum absolute atomic E-state index is 0.0406. The predicted molar refractivity (Wildman–Crippen MR) is 95.7 cm³/mol. The van der Waals surface area contributed by atoms with Crippen LogP contribution in [-0.2, 0) is 7.05 Å². The number of imidazole rings is 1. The number of aromatic nitrogens is 2. The molecule has 1 aromatic carbocycles. The van der Waals surface area contributed by atoms with Crippen LogP contribution in [-0.4, -0.2) is 46.5 Å². The summed E-state index contributed by atoms with van der Waals surface area (Å²) in [4.78, 5) is 21.6. The number of likely N-dealkylation sites (tertiary alicyclic amines) is 1. The maximum Gasteiger partial charge on any atom is 0.323 e. The molecular formula is C18H18F3N5O. The van der Waals surface area contributed by atoms with E-state index in [-0.39, 0.29) is 12.4 Å². The van der Waals surface area contributed by atoms with Crippen LogP contribution >= 0.6 is 0 Å². The van der Waals surface area contributed by atoms with Crippen molar-refractivity contribution >= 4 is 18.8 Å². The van der Waals surface area contributed by atoms with Crippen LogP contribution in [0, 0.1) is 11.6 Å². The third kappa shape index (κ3) is 4.18. The highest BCUT2D eigenvalue weighted by Crippen LogP contribution is 2.21. The molecule has 1 aromatic heterocycles. The van der Waals surface area contributed by atoms with Gasteiger partial charge in [-0.3, -0.25) is 5.32 Å². The molecule has 0 aliphatic carbocycles. The van der Waals surface area contributed by atoms with Crippen molar-refractivity contribution < 1.29 is 18.0 Å². The predicted octanol–water partition coefficient (Wildman–Crippen LogP) is 3.12. The molecule has 0 bridgehead atoms. The van der Waals surface area contributed by atoms with E-state index in [1.165, 1.54) is 17.0 Å². The lowest BCUT2D eigenvalue weighted by Crippen LogP contribution is -2.37. The van der Waals surface area contributed by atoms with Gasteiger partial charge in [-0.25, -0.2) is 27.9 Å². The summed E-state index contributed by atoms with van der Waals surface area (Å²) < 4.78 is 41.4. The topological polar surface area (TPSA) is 62.5 Å². The number of hydrogen-bond donors (Lipinski definition) is 1. The zero-order valence-electron chi connectivity index (χ0n) is 14.6. The molecule has 2 amide bonds. The van der Waals surface area contributed by atoms with E-state index in [9.17, 15) is 18.0 Å². The number of nitrogens with one attached hydrogen (secondary N) is 1. The molecule has 142 valence electrons. The van der Waals surface area contributed by atoms with Gasteiger partial charge >= 0.3 is 6.03 Å². The van der Waals surface area contributed by atoms with Crippen LogP contribution in [0.2, 0.25) is 0 Å². The number of alkyl halides is 1. The third-order valence-electron chi connectivity index (χ3n) is 4.22. The normalized spacial score (nSPS) is 17.3. The molecule has 1 saturated heterocycles. The van der Waals surface area contributed by atoms with E-state index in [4.69, 9.17) is 0 Å². The van der Waals surface area contributed by atoms with Crippen LogP contribution in [0.1, 0.15) is 12.2 Å². The van der Waals surface area contributed by atoms with E-state index in [0.29, 0.717) is 30.0 Å². The first-order chi connectivity index (χ1) is 12.9. The highest BCUT2D eigenvalue weighted by molar-refractivity contribution is 5.78. The summed E-state index contributed by atoms with van der Waals surface area (Å²) in [5.41, 5.74) is 0.838. The number of nitrogens with zero attached hydrogens (tertiary/aromatic N) is 4. The molecule has 1 aliphatic heterocycles. The highest BCUT2D eigenvalue weighted by Gasteiger charge is 2.26. The zero-order valence-corrected chi connectivity index (χ0v) is 14.6. The van der Waals surface area contributed by atoms with Gasteiger partial charge in [-0.15, -0.1) is 0 Å². The largest absolute Gasteiger partial charge is 0.334 e. The highest BCUT2D eigenvalue weighted by atomic mass is 19.2. The lowest BCUT2D eigenvalue weighted by Gasteiger charge is -2.16. The number of halogens is 3. The van der Waals surface area contributed by atoms with Crippen molar-refractivity contribution in [1.82, 2.24) is 19.8 Å². The summed E-state index contributed by atoms with van der Waals surface area (Å²) in [5.74, 6) is -1.34. The first kappa shape index (κ1) is 18.7. The van der Waals surface area contributed by atoms with Crippen molar-refractivity contribution in [1.29, 1.82) is 0 Å². The number of aliphatic imine (C=N–C) groups is 1. The Morgan fingerprint density at radius 1 is 1.41 bits per heavy atom. The second-order valence-electron chi connectivity index (χ2n) is 6.17. The summed E-state index contributed by atoms with van der Waals surface area (Å²) in [6, 6.07) is 3.04. The molecule has 1 atom stereocenters. The number of carbonyl (C=O) groups excluding carboxylic acids is 1. The molecule has 1 N–H and O–H groups in total. The van der Waals surface area contributed by atoms with Gasteiger partial charge in [0.25, 0.3) is 0 Å². The van der Waals surface area contributed by atoms with Gasteiger partial charge in [-0.2, -0.15) is 0 Å². The van der Waals surface area contributed by atoms with Crippen molar-refractivity contribution in [2.24, 2.45) is 12.0 Å². The molecule has 2 heterocycles. The van der Waals surface area contributed by atoms with Crippen molar-refractivity contribution in [3.63, 3.8) is 0 Å². The molecule has 27 heavy (non-hydrogen) atoms. The maximum atomic E-state index is 13.4. The Balaban J connectivity index is 1.80. The van der Waals surface area contributed by atoms with E-state index in [2.05, 4.69) is 22.0 Å². The van der Waals surface area contributed by atoms with E-state index in [1.54, 1.807) is 17.8 Å². The second kappa shape index (κ2) is 7.65. The summed E-state index contributed by atoms with van der Waals surface area (Å²) in [5, 5.41) is 2.56. The molecule has 3 rings (SSSR count). The average Bonchev–Trinajstić information content (AvgIpc) is 3.23. The van der Waals surface area contributed by atoms with E-state index in [0.717, 1.165) is 12.1 Å². The fourth-order valence-corrected chi connectivity index (χ4v) is 2.74. The van der Waals surface area contributed by atoms with Crippen molar-refractivity contribution in [3.05, 3.63) is 47.7 Å². The van der Waals surface area contributed by atoms with E-state index in [1.807, 2.05) is 0 Å². The van der Waals surface area contributed by atoms with Gasteiger partial charge in [0.05, 0.1) is 12.2 Å². The number of amides is 2. The molecule has 0 radical (unpaired) electrons. The molecule has 2 aromatic rings. The number of benzene rings is 1. The minimum Gasteiger partial charge on any atom is -0.334 e. The maximum absolute atomic E-state index is 13.4. The lowest BCUT2D eigenvalue weighted by molar-refractivity contribution is 0.207. The van der Waals surface area contributed by atoms with Gasteiger partial charge in [-0.1, -0.05) is 0 Å². The number of rotatable bonds is 4. The zero-order chi connectivity index (χ0) is 19.6. The van der Waals surface area contributed by atoms with Gasteiger partial charge in [0.15, 0.2) is 11.6 Å². The summed E-state index contributed by atoms with van der Waals surface area (Å²) >= 11 is 0. The van der Waals surface area contributed by atoms with Crippen LogP contribution in [0.15, 0.2) is 35.2 Å². The molecular weight excluding hydrogens is 359 g/mol. The molecule has 0 spiro atoms. The Morgan fingerprint density at radius 2 is 2.19 bits per heavy atom. The second-order valence-corrected chi connectivity index (χ2v) is 6.17. The van der Waals surface area contributed by atoms with Gasteiger partial charge < -0.3 is 9.47 Å². The van der Waals surface area contributed by atoms with E-state index < -0.39 is 23.8 Å². The minimum atomic E-state index is -1.02. The van der Waals surface area contributed by atoms with Crippen molar-refractivity contribution in [2.45, 2.75) is 12.6 Å². The number of aryl methyl sites for hydroxylation is 1. The van der Waals surface area contributed by atoms with Gasteiger partial charge in [0, 0.05) is 31.4 Å². The lowest BCUT2D eigenvalue weighted by atomic mass is 10.1. The smallest absolute Gasteiger partial charge is 0.323 e. The molecule has 1 aliphatic rings. The molecule has 0 saturated carbocycles. The third-order valence-corrected chi connectivity index (χ3v) is 4.22. The molecule has 1 fully saturated rings. The quantitative estimate of drug-likeness (QED) is 0.833. The van der Waals surface area contributed by atoms with Crippen LogP contribution in [0.25, 0.3) is 17.3 Å². The van der Waals surface area contributed by atoms with E-state index >= 15 is 0 Å². The summed E-state index contributed by atoms with van der Waals surface area (Å²) in [7, 11) is 1.71. The SMILES string of the molecule is C=N/C(=C\c1nc(-c2ccc(F)c(F)c2)cn1C)NC(=O)N1CC[C@H](F)C1. The Bertz CT molecular complexity index is 908. The number of urea groups is 1. The number of carbonyl (C=O) groups is 1. The van der Waals surface area contributed by atoms with Crippen LogP contribution in [0.5, 0.6) is 0 Å². The fourth-order valence-electron chi connectivity index (χ4n) is 2.74. The molecule has 0 unspecified atom stereocenters. The standard InChI is InChI=1S/C18H18F3N5O/c1-22-16(24-18(27)26-6-5-12(19)9-26)8-17-23-15(10-25(17)2)11-3-4-13(20)14(21)7-11/h3-4,7-8,10,12H,1,5-6,9H2,2H3,(H,24,27)/b16-8+/t12-/m0/s1. The van der Waals surface area contributed by atoms with Gasteiger partial charge in [0.1, 0.15) is 17.8 Å². The van der Waals surface area contributed by atoms with Gasteiger partial charge in [0.2, 0.25) is 0 Å². The molecule has 9 heteroatoms. The van der Waals surface area contributed by atoms with Crippen molar-refractivity contribution in [3.8, 4) is 11.3 Å². The van der Waals surface area contributed by atoms with Crippen molar-refractivity contribution in [2.75, 3.05) is 13.1 Å². The van der Waals surface area contributed by atoms with Crippen LogP contribution < -0.4 is 5.32 Å². The Hall–Kier alpha value is -3.10. The Morgan fingerprint density at radius 3 is 2.81 bits per heavy atom. The Kier molecular flexibility index (Phi) is 5.29. The summed E-state index contributed by atoms with van der Waals surface area (Å²) in [6.45, 7) is 3.79. The average molecular weight is 377 g/mol. The van der Waals surface area contributed by atoms with Crippen LogP contribution in [0.3, 0.4) is 0 Å². The Labute approximate surface area is 154 Å². The first-order valence-electron chi connectivity index (χ1n) is 8.24.